The topological polar surface area (TPSA) is 147 Å². The maximum atomic E-state index is 14.4. The van der Waals surface area contributed by atoms with Crippen molar-refractivity contribution >= 4 is 33.3 Å². The van der Waals surface area contributed by atoms with E-state index < -0.39 is 39.9 Å². The van der Waals surface area contributed by atoms with Gasteiger partial charge in [0.2, 0.25) is 10.0 Å². The maximum Gasteiger partial charge on any atom is 0.323 e. The first-order valence-electron chi connectivity index (χ1n) is 16.6. The summed E-state index contributed by atoms with van der Waals surface area (Å²) >= 11 is 0. The predicted octanol–water partition coefficient (Wildman–Crippen LogP) is 5.59. The van der Waals surface area contributed by atoms with Gasteiger partial charge < -0.3 is 34.9 Å². The number of methoxy groups -OCH3 is 1. The number of halogens is 1. The number of likely N-dealkylation sites (N-methyl/N-ethyl adjacent to an activating group) is 1. The number of rotatable bonds is 9. The van der Waals surface area contributed by atoms with E-state index in [0.29, 0.717) is 42.3 Å². The van der Waals surface area contributed by atoms with Crippen LogP contribution in [0.25, 0.3) is 0 Å². The minimum atomic E-state index is -3.97. The van der Waals surface area contributed by atoms with Gasteiger partial charge in [0.1, 0.15) is 17.3 Å². The lowest BCUT2D eigenvalue weighted by atomic mass is 10.0. The van der Waals surface area contributed by atoms with Crippen LogP contribution in [-0.4, -0.2) is 93.4 Å². The third-order valence-electron chi connectivity index (χ3n) is 8.62. The second-order valence-corrected chi connectivity index (χ2v) is 14.6. The van der Waals surface area contributed by atoms with Crippen molar-refractivity contribution in [2.75, 3.05) is 51.1 Å². The Kier molecular flexibility index (Phi) is 13.6. The monoisotopic (exact) mass is 714 g/mol. The molecule has 0 bridgehead atoms. The summed E-state index contributed by atoms with van der Waals surface area (Å²) in [6.45, 7) is 5.59. The molecule has 12 nitrogen and oxygen atoms in total. The molecule has 0 saturated carbocycles. The van der Waals surface area contributed by atoms with Gasteiger partial charge in [-0.25, -0.2) is 17.6 Å². The lowest BCUT2D eigenvalue weighted by Crippen LogP contribution is -2.48. The first kappa shape index (κ1) is 38.6. The summed E-state index contributed by atoms with van der Waals surface area (Å²) in [6.07, 6.45) is 1.24. The lowest BCUT2D eigenvalue weighted by Gasteiger charge is -2.35. The van der Waals surface area contributed by atoms with Gasteiger partial charge in [-0.15, -0.1) is 0 Å². The summed E-state index contributed by atoms with van der Waals surface area (Å²) in [5.41, 5.74) is 1.08. The minimum absolute atomic E-state index is 0.0239. The second kappa shape index (κ2) is 17.6. The van der Waals surface area contributed by atoms with E-state index in [1.807, 2.05) is 13.8 Å². The number of ether oxygens (including phenoxy) is 3. The molecule has 3 aromatic rings. The number of hydrogen-bond acceptors (Lipinski definition) is 8. The molecule has 0 fully saturated rings. The number of benzene rings is 3. The summed E-state index contributed by atoms with van der Waals surface area (Å²) in [7, 11) is -0.976. The molecule has 4 atom stereocenters. The van der Waals surface area contributed by atoms with Crippen LogP contribution in [0, 0.1) is 11.7 Å². The van der Waals surface area contributed by atoms with E-state index in [0.717, 1.165) is 18.6 Å². The molecule has 3 amide bonds. The molecule has 14 heteroatoms. The minimum Gasteiger partial charge on any atom is -0.497 e. The fraction of sp³-hybridized carbons (Fsp3) is 0.444. The van der Waals surface area contributed by atoms with E-state index in [2.05, 4.69) is 10.6 Å². The number of urea groups is 1. The fourth-order valence-electron chi connectivity index (χ4n) is 5.57. The van der Waals surface area contributed by atoms with Gasteiger partial charge in [-0.1, -0.05) is 6.92 Å². The molecule has 1 aliphatic heterocycles. The van der Waals surface area contributed by atoms with Crippen LogP contribution in [-0.2, 0) is 14.8 Å². The van der Waals surface area contributed by atoms with Crippen LogP contribution in [0.5, 0.6) is 11.5 Å². The number of carbonyl (C=O) groups is 2. The average Bonchev–Trinajstić information content (AvgIpc) is 3.09. The Morgan fingerprint density at radius 2 is 1.72 bits per heavy atom. The zero-order valence-electron chi connectivity index (χ0n) is 29.1. The van der Waals surface area contributed by atoms with Gasteiger partial charge >= 0.3 is 6.03 Å². The van der Waals surface area contributed by atoms with Gasteiger partial charge in [0, 0.05) is 44.0 Å². The van der Waals surface area contributed by atoms with Crippen molar-refractivity contribution in [3.05, 3.63) is 78.1 Å². The normalized spacial score (nSPS) is 19.9. The number of nitrogens with zero attached hydrogens (tertiary/aromatic N) is 2. The average molecular weight is 715 g/mol. The van der Waals surface area contributed by atoms with Crippen molar-refractivity contribution in [1.29, 1.82) is 0 Å². The third kappa shape index (κ3) is 10.2. The number of nitrogens with one attached hydrogen (secondary N) is 2. The molecule has 1 heterocycles. The maximum absolute atomic E-state index is 14.4. The van der Waals surface area contributed by atoms with Gasteiger partial charge in [-0.3, -0.25) is 4.79 Å². The van der Waals surface area contributed by atoms with Crippen LogP contribution in [0.3, 0.4) is 0 Å². The van der Waals surface area contributed by atoms with Crippen LogP contribution >= 0.6 is 0 Å². The molecule has 4 rings (SSSR count). The van der Waals surface area contributed by atoms with E-state index in [4.69, 9.17) is 14.2 Å². The molecule has 0 aromatic heterocycles. The largest absolute Gasteiger partial charge is 0.497 e. The highest BCUT2D eigenvalue weighted by molar-refractivity contribution is 7.89. The van der Waals surface area contributed by atoms with Crippen molar-refractivity contribution in [3.63, 3.8) is 0 Å². The van der Waals surface area contributed by atoms with E-state index >= 15 is 0 Å². The zero-order chi connectivity index (χ0) is 36.4. The summed E-state index contributed by atoms with van der Waals surface area (Å²) in [6, 6.07) is 15.1. The Balaban J connectivity index is 1.61. The first-order chi connectivity index (χ1) is 23.8. The van der Waals surface area contributed by atoms with E-state index in [1.54, 1.807) is 56.5 Å². The first-order valence-corrected chi connectivity index (χ1v) is 18.0. The number of sulfonamides is 1. The third-order valence-corrected chi connectivity index (χ3v) is 10.5. The molecule has 0 radical (unpaired) electrons. The molecule has 0 unspecified atom stereocenters. The smallest absolute Gasteiger partial charge is 0.323 e. The van der Waals surface area contributed by atoms with Crippen molar-refractivity contribution in [2.45, 2.75) is 63.2 Å². The lowest BCUT2D eigenvalue weighted by molar-refractivity contribution is -0.00834. The molecule has 50 heavy (non-hydrogen) atoms. The molecular weight excluding hydrogens is 667 g/mol. The number of aliphatic hydroxyl groups excluding tert-OH is 1. The molecule has 3 aromatic carbocycles. The van der Waals surface area contributed by atoms with Gasteiger partial charge in [0.05, 0.1) is 42.4 Å². The standard InChI is InChI=1S/C36H47FN4O8S/c1-24-21-41(25(2)23-42)35(43)32-20-29(39-36(44)38-28-11-14-30(47-5)15-12-28)13-18-33(32)49-26(3)8-6-7-19-48-34(24)22-40(4)50(45,46)31-16-9-27(37)10-17-31/h9-18,20,24-26,34,42H,6-8,19,21-23H2,1-5H3,(H2,38,39,44)/t24-,25+,26+,34-/m1/s1. The van der Waals surface area contributed by atoms with Crippen molar-refractivity contribution in [3.8, 4) is 11.5 Å². The summed E-state index contributed by atoms with van der Waals surface area (Å²) in [4.78, 5) is 28.7. The summed E-state index contributed by atoms with van der Waals surface area (Å²) in [5.74, 6) is -0.393. The van der Waals surface area contributed by atoms with Crippen LogP contribution in [0.15, 0.2) is 71.6 Å². The number of aliphatic hydroxyl groups is 1. The van der Waals surface area contributed by atoms with Gasteiger partial charge in [0.25, 0.3) is 5.91 Å². The van der Waals surface area contributed by atoms with Crippen molar-refractivity contribution in [2.24, 2.45) is 5.92 Å². The molecule has 0 aliphatic carbocycles. The second-order valence-electron chi connectivity index (χ2n) is 12.6. The fourth-order valence-corrected chi connectivity index (χ4v) is 6.75. The van der Waals surface area contributed by atoms with Crippen molar-refractivity contribution in [1.82, 2.24) is 9.21 Å². The number of hydrogen-bond donors (Lipinski definition) is 3. The van der Waals surface area contributed by atoms with E-state index in [-0.39, 0.29) is 42.2 Å². The predicted molar refractivity (Wildman–Crippen MR) is 189 cm³/mol. The Morgan fingerprint density at radius 1 is 1.06 bits per heavy atom. The van der Waals surface area contributed by atoms with Crippen molar-refractivity contribution < 1.29 is 41.7 Å². The highest BCUT2D eigenvalue weighted by Gasteiger charge is 2.32. The van der Waals surface area contributed by atoms with Crippen LogP contribution in [0.2, 0.25) is 0 Å². The molecule has 272 valence electrons. The SMILES string of the molecule is COc1ccc(NC(=O)Nc2ccc3c(c2)C(=O)N([C@@H](C)CO)C[C@@H](C)[C@@H](CN(C)S(=O)(=O)c2ccc(F)cc2)OCCCC[C@H](C)O3)cc1. The molecule has 0 saturated heterocycles. The van der Waals surface area contributed by atoms with Crippen LogP contribution in [0.4, 0.5) is 20.6 Å². The zero-order valence-corrected chi connectivity index (χ0v) is 29.9. The van der Waals surface area contributed by atoms with E-state index in [1.165, 1.54) is 28.4 Å². The van der Waals surface area contributed by atoms with Gasteiger partial charge in [-0.05, 0) is 99.8 Å². The molecule has 1 aliphatic rings. The Bertz CT molecular complexity index is 1690. The van der Waals surface area contributed by atoms with Gasteiger partial charge in [-0.2, -0.15) is 4.31 Å². The van der Waals surface area contributed by atoms with Crippen LogP contribution < -0.4 is 20.1 Å². The van der Waals surface area contributed by atoms with Crippen LogP contribution in [0.1, 0.15) is 50.4 Å². The number of fused-ring (bicyclic) bond motifs is 1. The number of amides is 3. The van der Waals surface area contributed by atoms with Gasteiger partial charge in [0.15, 0.2) is 0 Å². The Hall–Kier alpha value is -4.24. The Labute approximate surface area is 293 Å². The summed E-state index contributed by atoms with van der Waals surface area (Å²) in [5, 5.41) is 15.7. The quantitative estimate of drug-likeness (QED) is 0.260. The molecular formula is C36H47FN4O8S. The van der Waals surface area contributed by atoms with E-state index in [9.17, 15) is 27.5 Å². The molecule has 0 spiro atoms. The highest BCUT2D eigenvalue weighted by Crippen LogP contribution is 2.29. The highest BCUT2D eigenvalue weighted by atomic mass is 32.2. The number of carbonyl (C=O) groups excluding carboxylic acids is 2. The molecule has 3 N–H and O–H groups in total. The summed E-state index contributed by atoms with van der Waals surface area (Å²) < 4.78 is 59.1. The Morgan fingerprint density at radius 3 is 2.38 bits per heavy atom. The number of anilines is 2.